The molecule has 0 aliphatic carbocycles. The van der Waals surface area contributed by atoms with Gasteiger partial charge in [-0.25, -0.2) is 4.98 Å². The first-order valence-electron chi connectivity index (χ1n) is 8.58. The molecule has 1 saturated heterocycles. The van der Waals surface area contributed by atoms with Crippen LogP contribution in [0.3, 0.4) is 0 Å². The van der Waals surface area contributed by atoms with E-state index in [1.54, 1.807) is 0 Å². The third kappa shape index (κ3) is 4.42. The first-order valence-corrected chi connectivity index (χ1v) is 8.58. The minimum Gasteiger partial charge on any atom is -0.444 e. The van der Waals surface area contributed by atoms with Gasteiger partial charge in [-0.3, -0.25) is 10.00 Å². The van der Waals surface area contributed by atoms with Crippen molar-refractivity contribution in [2.45, 2.75) is 45.2 Å². The van der Waals surface area contributed by atoms with E-state index in [0.29, 0.717) is 6.04 Å². The Labute approximate surface area is 137 Å². The van der Waals surface area contributed by atoms with Gasteiger partial charge in [0.05, 0.1) is 18.9 Å². The van der Waals surface area contributed by atoms with Gasteiger partial charge in [-0.15, -0.1) is 0 Å². The molecule has 0 amide bonds. The van der Waals surface area contributed by atoms with E-state index in [0.717, 1.165) is 44.1 Å². The number of likely N-dealkylation sites (N-methyl/N-ethyl adjacent to an activating group) is 1. The fourth-order valence-corrected chi connectivity index (χ4v) is 3.22. The van der Waals surface area contributed by atoms with E-state index >= 15 is 0 Å². The Morgan fingerprint density at radius 2 is 2.35 bits per heavy atom. The summed E-state index contributed by atoms with van der Waals surface area (Å²) in [5.41, 5.74) is 1.30. The highest BCUT2D eigenvalue weighted by atomic mass is 16.4. The second kappa shape index (κ2) is 7.75. The molecule has 0 aromatic carbocycles. The maximum Gasteiger partial charge on any atom is 0.208 e. The van der Waals surface area contributed by atoms with Crippen molar-refractivity contribution in [2.75, 3.05) is 26.7 Å². The van der Waals surface area contributed by atoms with Gasteiger partial charge in [-0.05, 0) is 45.0 Å². The Hall–Kier alpha value is -1.66. The van der Waals surface area contributed by atoms with Gasteiger partial charge in [-0.2, -0.15) is 5.10 Å². The van der Waals surface area contributed by atoms with Crippen LogP contribution >= 0.6 is 0 Å². The molecule has 1 fully saturated rings. The summed E-state index contributed by atoms with van der Waals surface area (Å²) < 4.78 is 5.72. The number of aromatic amines is 1. The quantitative estimate of drug-likeness (QED) is 0.808. The molecule has 6 nitrogen and oxygen atoms in total. The SMILES string of the molecule is CCc1cnc(CN(C)C2CCN(CCCc3cn[nH]c3)C2)o1. The van der Waals surface area contributed by atoms with Gasteiger partial charge in [-0.1, -0.05) is 6.92 Å². The largest absolute Gasteiger partial charge is 0.444 e. The predicted molar refractivity (Wildman–Crippen MR) is 89.1 cm³/mol. The molecule has 0 spiro atoms. The summed E-state index contributed by atoms with van der Waals surface area (Å²) in [6.45, 7) is 6.38. The number of nitrogens with zero attached hydrogens (tertiary/aromatic N) is 4. The average Bonchev–Trinajstić information content (AvgIpc) is 3.28. The van der Waals surface area contributed by atoms with E-state index in [2.05, 4.69) is 39.0 Å². The maximum absolute atomic E-state index is 5.72. The van der Waals surface area contributed by atoms with Crippen molar-refractivity contribution >= 4 is 0 Å². The molecule has 1 N–H and O–H groups in total. The van der Waals surface area contributed by atoms with Crippen molar-refractivity contribution in [2.24, 2.45) is 0 Å². The molecule has 1 aliphatic heterocycles. The molecule has 0 saturated carbocycles. The van der Waals surface area contributed by atoms with Crippen molar-refractivity contribution in [3.63, 3.8) is 0 Å². The lowest BCUT2D eigenvalue weighted by Gasteiger charge is -2.23. The first-order chi connectivity index (χ1) is 11.2. The first kappa shape index (κ1) is 16.2. The molecular weight excluding hydrogens is 290 g/mol. The van der Waals surface area contributed by atoms with Gasteiger partial charge < -0.3 is 9.32 Å². The Morgan fingerprint density at radius 3 is 3.09 bits per heavy atom. The van der Waals surface area contributed by atoms with Crippen molar-refractivity contribution < 1.29 is 4.42 Å². The molecule has 2 aromatic heterocycles. The lowest BCUT2D eigenvalue weighted by Crippen LogP contribution is -2.34. The summed E-state index contributed by atoms with van der Waals surface area (Å²) in [6.07, 6.45) is 10.2. The molecule has 23 heavy (non-hydrogen) atoms. The second-order valence-electron chi connectivity index (χ2n) is 6.44. The summed E-state index contributed by atoms with van der Waals surface area (Å²) in [5, 5.41) is 6.87. The van der Waals surface area contributed by atoms with Gasteiger partial charge in [0.1, 0.15) is 5.76 Å². The van der Waals surface area contributed by atoms with Crippen molar-refractivity contribution in [3.05, 3.63) is 35.8 Å². The molecule has 2 aromatic rings. The van der Waals surface area contributed by atoms with Crippen molar-refractivity contribution in [3.8, 4) is 0 Å². The molecule has 1 atom stereocenters. The zero-order valence-electron chi connectivity index (χ0n) is 14.2. The van der Waals surface area contributed by atoms with E-state index in [1.807, 2.05) is 18.6 Å². The van der Waals surface area contributed by atoms with Crippen molar-refractivity contribution in [1.82, 2.24) is 25.0 Å². The summed E-state index contributed by atoms with van der Waals surface area (Å²) in [6, 6.07) is 0.598. The van der Waals surface area contributed by atoms with Gasteiger partial charge in [0.15, 0.2) is 0 Å². The second-order valence-corrected chi connectivity index (χ2v) is 6.44. The van der Waals surface area contributed by atoms with Crippen LogP contribution in [-0.2, 0) is 19.4 Å². The molecule has 0 radical (unpaired) electrons. The van der Waals surface area contributed by atoms with Crippen LogP contribution in [0.2, 0.25) is 0 Å². The molecule has 126 valence electrons. The topological polar surface area (TPSA) is 61.2 Å². The highest BCUT2D eigenvalue weighted by Crippen LogP contribution is 2.17. The Kier molecular flexibility index (Phi) is 5.46. The third-order valence-electron chi connectivity index (χ3n) is 4.70. The van der Waals surface area contributed by atoms with E-state index in [-0.39, 0.29) is 0 Å². The molecule has 1 aliphatic rings. The van der Waals surface area contributed by atoms with E-state index in [1.165, 1.54) is 24.9 Å². The monoisotopic (exact) mass is 317 g/mol. The van der Waals surface area contributed by atoms with E-state index < -0.39 is 0 Å². The van der Waals surface area contributed by atoms with Gasteiger partial charge in [0, 0.05) is 25.2 Å². The van der Waals surface area contributed by atoms with Gasteiger partial charge in [0.2, 0.25) is 5.89 Å². The maximum atomic E-state index is 5.72. The lowest BCUT2D eigenvalue weighted by molar-refractivity contribution is 0.205. The number of H-pyrrole nitrogens is 1. The number of hydrogen-bond donors (Lipinski definition) is 1. The summed E-state index contributed by atoms with van der Waals surface area (Å²) in [5.74, 6) is 1.81. The Bertz CT molecular complexity index is 580. The van der Waals surface area contributed by atoms with Crippen LogP contribution in [0.15, 0.2) is 23.0 Å². The van der Waals surface area contributed by atoms with Crippen LogP contribution in [-0.4, -0.2) is 57.7 Å². The normalized spacial score (nSPS) is 19.0. The zero-order valence-corrected chi connectivity index (χ0v) is 14.2. The number of aromatic nitrogens is 3. The number of hydrogen-bond acceptors (Lipinski definition) is 5. The van der Waals surface area contributed by atoms with E-state index in [4.69, 9.17) is 4.42 Å². The smallest absolute Gasteiger partial charge is 0.208 e. The van der Waals surface area contributed by atoms with Crippen LogP contribution in [0.5, 0.6) is 0 Å². The van der Waals surface area contributed by atoms with Crippen LogP contribution < -0.4 is 0 Å². The van der Waals surface area contributed by atoms with Gasteiger partial charge in [0.25, 0.3) is 0 Å². The van der Waals surface area contributed by atoms with Crippen LogP contribution in [0.1, 0.15) is 37.0 Å². The summed E-state index contributed by atoms with van der Waals surface area (Å²) in [4.78, 5) is 9.30. The van der Waals surface area contributed by atoms with E-state index in [9.17, 15) is 0 Å². The van der Waals surface area contributed by atoms with Crippen LogP contribution in [0, 0.1) is 0 Å². The third-order valence-corrected chi connectivity index (χ3v) is 4.70. The van der Waals surface area contributed by atoms with Gasteiger partial charge >= 0.3 is 0 Å². The zero-order chi connectivity index (χ0) is 16.1. The number of rotatable bonds is 8. The molecule has 0 bridgehead atoms. The fraction of sp³-hybridized carbons (Fsp3) is 0.647. The number of likely N-dealkylation sites (tertiary alicyclic amines) is 1. The molecule has 3 heterocycles. The highest BCUT2D eigenvalue weighted by Gasteiger charge is 2.26. The minimum absolute atomic E-state index is 0.598. The highest BCUT2D eigenvalue weighted by molar-refractivity contribution is 5.02. The fourth-order valence-electron chi connectivity index (χ4n) is 3.22. The molecule has 3 rings (SSSR count). The average molecular weight is 317 g/mol. The summed E-state index contributed by atoms with van der Waals surface area (Å²) >= 11 is 0. The van der Waals surface area contributed by atoms with Crippen LogP contribution in [0.4, 0.5) is 0 Å². The van der Waals surface area contributed by atoms with Crippen molar-refractivity contribution in [1.29, 1.82) is 0 Å². The molecular formula is C17H27N5O. The number of nitrogens with one attached hydrogen (secondary N) is 1. The standard InChI is InChI=1S/C17H27N5O/c1-3-16-11-18-17(23-16)13-21(2)15-6-8-22(12-15)7-4-5-14-9-19-20-10-14/h9-11,15H,3-8,12-13H2,1-2H3,(H,19,20). The van der Waals surface area contributed by atoms with Crippen LogP contribution in [0.25, 0.3) is 0 Å². The number of oxazole rings is 1. The summed E-state index contributed by atoms with van der Waals surface area (Å²) in [7, 11) is 2.18. The molecule has 6 heteroatoms. The predicted octanol–water partition coefficient (Wildman–Crippen LogP) is 2.10. The molecule has 1 unspecified atom stereocenters. The Morgan fingerprint density at radius 1 is 1.43 bits per heavy atom. The number of aryl methyl sites for hydroxylation is 2. The Balaban J connectivity index is 1.39. The minimum atomic E-state index is 0.598. The lowest BCUT2D eigenvalue weighted by atomic mass is 10.2.